The molecule has 0 saturated carbocycles. The van der Waals surface area contributed by atoms with Crippen LogP contribution >= 0.6 is 0 Å². The van der Waals surface area contributed by atoms with Gasteiger partial charge in [-0.05, 0) is 43.4 Å². The highest BCUT2D eigenvalue weighted by Crippen LogP contribution is 2.15. The smallest absolute Gasteiger partial charge is 0.246 e. The SMILES string of the molecule is CC(C)c1ccc(/C=C/C(=O)N(CCCO)C(C)C)cc1. The van der Waals surface area contributed by atoms with Gasteiger partial charge in [0.15, 0.2) is 0 Å². The Bertz CT molecular complexity index is 461. The summed E-state index contributed by atoms with van der Waals surface area (Å²) in [5.41, 5.74) is 2.32. The standard InChI is InChI=1S/C18H27NO2/c1-14(2)17-9-6-16(7-10-17)8-11-18(21)19(15(3)4)12-5-13-20/h6-11,14-15,20H,5,12-13H2,1-4H3/b11-8+. The molecule has 1 rings (SSSR count). The molecule has 0 fully saturated rings. The first-order valence-corrected chi connectivity index (χ1v) is 7.65. The van der Waals surface area contributed by atoms with Gasteiger partial charge in [-0.2, -0.15) is 0 Å². The summed E-state index contributed by atoms with van der Waals surface area (Å²) in [7, 11) is 0. The highest BCUT2D eigenvalue weighted by Gasteiger charge is 2.13. The summed E-state index contributed by atoms with van der Waals surface area (Å²) >= 11 is 0. The summed E-state index contributed by atoms with van der Waals surface area (Å²) in [5, 5.41) is 8.90. The summed E-state index contributed by atoms with van der Waals surface area (Å²) in [4.78, 5) is 14.0. The van der Waals surface area contributed by atoms with Crippen LogP contribution in [0.15, 0.2) is 30.3 Å². The molecule has 0 aliphatic rings. The molecule has 0 atom stereocenters. The van der Waals surface area contributed by atoms with E-state index >= 15 is 0 Å². The summed E-state index contributed by atoms with van der Waals surface area (Å²) in [6, 6.07) is 8.40. The third-order valence-corrected chi connectivity index (χ3v) is 3.49. The quantitative estimate of drug-likeness (QED) is 0.781. The number of carbonyl (C=O) groups excluding carboxylic acids is 1. The van der Waals surface area contributed by atoms with Crippen molar-refractivity contribution in [2.45, 2.75) is 46.1 Å². The largest absolute Gasteiger partial charge is 0.396 e. The Morgan fingerprint density at radius 2 is 1.81 bits per heavy atom. The fourth-order valence-corrected chi connectivity index (χ4v) is 2.12. The third kappa shape index (κ3) is 5.72. The van der Waals surface area contributed by atoms with Crippen molar-refractivity contribution in [3.8, 4) is 0 Å². The number of amides is 1. The first kappa shape index (κ1) is 17.4. The number of rotatable bonds is 7. The molecule has 3 nitrogen and oxygen atoms in total. The van der Waals surface area contributed by atoms with Crippen molar-refractivity contribution in [2.24, 2.45) is 0 Å². The van der Waals surface area contributed by atoms with Crippen molar-refractivity contribution in [3.63, 3.8) is 0 Å². The molecule has 0 radical (unpaired) electrons. The second kappa shape index (κ2) is 8.63. The average molecular weight is 289 g/mol. The van der Waals surface area contributed by atoms with E-state index in [1.165, 1.54) is 5.56 Å². The van der Waals surface area contributed by atoms with Gasteiger partial charge in [-0.15, -0.1) is 0 Å². The molecular weight excluding hydrogens is 262 g/mol. The Hall–Kier alpha value is -1.61. The number of hydrogen-bond donors (Lipinski definition) is 1. The normalized spacial score (nSPS) is 11.6. The van der Waals surface area contributed by atoms with E-state index in [0.29, 0.717) is 18.9 Å². The summed E-state index contributed by atoms with van der Waals surface area (Å²) in [6.45, 7) is 8.99. The van der Waals surface area contributed by atoms with Crippen LogP contribution in [-0.2, 0) is 4.79 Å². The van der Waals surface area contributed by atoms with E-state index in [2.05, 4.69) is 26.0 Å². The zero-order chi connectivity index (χ0) is 15.8. The summed E-state index contributed by atoms with van der Waals surface area (Å²) < 4.78 is 0. The van der Waals surface area contributed by atoms with Gasteiger partial charge in [0.25, 0.3) is 0 Å². The maximum absolute atomic E-state index is 12.2. The fraction of sp³-hybridized carbons (Fsp3) is 0.500. The maximum Gasteiger partial charge on any atom is 0.246 e. The highest BCUT2D eigenvalue weighted by atomic mass is 16.3. The Morgan fingerprint density at radius 1 is 1.19 bits per heavy atom. The van der Waals surface area contributed by atoms with E-state index in [0.717, 1.165) is 5.56 Å². The van der Waals surface area contributed by atoms with Gasteiger partial charge >= 0.3 is 0 Å². The Morgan fingerprint density at radius 3 is 2.29 bits per heavy atom. The lowest BCUT2D eigenvalue weighted by atomic mass is 10.0. The van der Waals surface area contributed by atoms with Gasteiger partial charge in [0.05, 0.1) is 0 Å². The lowest BCUT2D eigenvalue weighted by molar-refractivity contribution is -0.127. The van der Waals surface area contributed by atoms with Crippen LogP contribution in [0.5, 0.6) is 0 Å². The molecule has 3 heteroatoms. The van der Waals surface area contributed by atoms with Gasteiger partial charge in [-0.1, -0.05) is 38.1 Å². The van der Waals surface area contributed by atoms with E-state index in [4.69, 9.17) is 5.11 Å². The van der Waals surface area contributed by atoms with Gasteiger partial charge < -0.3 is 10.0 Å². The molecule has 0 aliphatic heterocycles. The van der Waals surface area contributed by atoms with E-state index in [9.17, 15) is 4.79 Å². The number of carbonyl (C=O) groups is 1. The van der Waals surface area contributed by atoms with E-state index in [1.807, 2.05) is 32.1 Å². The van der Waals surface area contributed by atoms with Crippen LogP contribution in [-0.4, -0.2) is 35.1 Å². The minimum Gasteiger partial charge on any atom is -0.396 e. The minimum absolute atomic E-state index is 0.00798. The van der Waals surface area contributed by atoms with Crippen LogP contribution in [0.25, 0.3) is 6.08 Å². The van der Waals surface area contributed by atoms with Crippen LogP contribution < -0.4 is 0 Å². The second-order valence-corrected chi connectivity index (χ2v) is 5.86. The molecule has 1 aromatic carbocycles. The monoisotopic (exact) mass is 289 g/mol. The second-order valence-electron chi connectivity index (χ2n) is 5.86. The topological polar surface area (TPSA) is 40.5 Å². The van der Waals surface area contributed by atoms with E-state index < -0.39 is 0 Å². The number of benzene rings is 1. The predicted octanol–water partition coefficient (Wildman–Crippen LogP) is 3.44. The van der Waals surface area contributed by atoms with Crippen LogP contribution in [0, 0.1) is 0 Å². The molecule has 1 N–H and O–H groups in total. The maximum atomic E-state index is 12.2. The highest BCUT2D eigenvalue weighted by molar-refractivity contribution is 5.91. The van der Waals surface area contributed by atoms with E-state index in [-0.39, 0.29) is 18.6 Å². The van der Waals surface area contributed by atoms with Crippen molar-refractivity contribution >= 4 is 12.0 Å². The van der Waals surface area contributed by atoms with Gasteiger partial charge in [-0.25, -0.2) is 0 Å². The molecule has 0 aliphatic carbocycles. The molecule has 0 saturated heterocycles. The first-order chi connectivity index (χ1) is 9.95. The molecule has 0 aromatic heterocycles. The van der Waals surface area contributed by atoms with Crippen LogP contribution in [0.2, 0.25) is 0 Å². The van der Waals surface area contributed by atoms with Gasteiger partial charge in [0, 0.05) is 25.3 Å². The molecule has 0 bridgehead atoms. The van der Waals surface area contributed by atoms with Gasteiger partial charge in [0.1, 0.15) is 0 Å². The molecular formula is C18H27NO2. The molecule has 21 heavy (non-hydrogen) atoms. The van der Waals surface area contributed by atoms with Gasteiger partial charge in [-0.3, -0.25) is 4.79 Å². The Labute approximate surface area is 128 Å². The zero-order valence-corrected chi connectivity index (χ0v) is 13.5. The fourth-order valence-electron chi connectivity index (χ4n) is 2.12. The van der Waals surface area contributed by atoms with Crippen LogP contribution in [0.3, 0.4) is 0 Å². The first-order valence-electron chi connectivity index (χ1n) is 7.65. The van der Waals surface area contributed by atoms with Crippen molar-refractivity contribution in [1.82, 2.24) is 4.90 Å². The number of hydrogen-bond acceptors (Lipinski definition) is 2. The predicted molar refractivity (Wildman–Crippen MR) is 88.1 cm³/mol. The number of nitrogens with zero attached hydrogens (tertiary/aromatic N) is 1. The summed E-state index contributed by atoms with van der Waals surface area (Å²) in [6.07, 6.45) is 4.07. The minimum atomic E-state index is -0.00798. The lowest BCUT2D eigenvalue weighted by Crippen LogP contribution is -2.36. The average Bonchev–Trinajstić information content (AvgIpc) is 2.45. The molecule has 116 valence electrons. The van der Waals surface area contributed by atoms with Crippen molar-refractivity contribution in [2.75, 3.05) is 13.2 Å². The summed E-state index contributed by atoms with van der Waals surface area (Å²) in [5.74, 6) is 0.506. The van der Waals surface area contributed by atoms with Crippen molar-refractivity contribution in [1.29, 1.82) is 0 Å². The Balaban J connectivity index is 2.70. The lowest BCUT2D eigenvalue weighted by Gasteiger charge is -2.25. The van der Waals surface area contributed by atoms with Crippen molar-refractivity contribution in [3.05, 3.63) is 41.5 Å². The molecule has 0 unspecified atom stereocenters. The molecule has 0 spiro atoms. The number of aliphatic hydroxyl groups excluding tert-OH is 1. The third-order valence-electron chi connectivity index (χ3n) is 3.49. The van der Waals surface area contributed by atoms with Crippen LogP contribution in [0.4, 0.5) is 0 Å². The Kier molecular flexibility index (Phi) is 7.17. The number of aliphatic hydroxyl groups is 1. The van der Waals surface area contributed by atoms with Crippen molar-refractivity contribution < 1.29 is 9.90 Å². The van der Waals surface area contributed by atoms with E-state index in [1.54, 1.807) is 11.0 Å². The van der Waals surface area contributed by atoms with Gasteiger partial charge in [0.2, 0.25) is 5.91 Å². The molecule has 1 aromatic rings. The zero-order valence-electron chi connectivity index (χ0n) is 13.5. The molecule has 0 heterocycles. The molecule has 1 amide bonds. The van der Waals surface area contributed by atoms with Crippen LogP contribution in [0.1, 0.15) is 51.2 Å².